The fraction of sp³-hybridized carbons (Fsp3) is 0.0714. The molecule has 4 nitrogen and oxygen atoms in total. The highest BCUT2D eigenvalue weighted by Crippen LogP contribution is 2.31. The third-order valence-corrected chi connectivity index (χ3v) is 3.58. The van der Waals surface area contributed by atoms with E-state index >= 15 is 0 Å². The van der Waals surface area contributed by atoms with E-state index in [4.69, 9.17) is 33.7 Å². The predicted molar refractivity (Wildman–Crippen MR) is 82.1 cm³/mol. The molecule has 0 saturated carbocycles. The zero-order chi connectivity index (χ0) is 14.3. The van der Waals surface area contributed by atoms with Gasteiger partial charge in [-0.15, -0.1) is 0 Å². The summed E-state index contributed by atoms with van der Waals surface area (Å²) >= 11 is 12.2. The van der Waals surface area contributed by atoms with Gasteiger partial charge in [0.2, 0.25) is 5.95 Å². The largest absolute Gasteiger partial charge is 0.497 e. The molecule has 0 radical (unpaired) electrons. The summed E-state index contributed by atoms with van der Waals surface area (Å²) in [6, 6.07) is 10.8. The molecule has 20 heavy (non-hydrogen) atoms. The molecule has 6 heteroatoms. The zero-order valence-corrected chi connectivity index (χ0v) is 12.1. The van der Waals surface area contributed by atoms with Gasteiger partial charge < -0.3 is 10.5 Å². The molecule has 0 aliphatic carbocycles. The Hall–Kier alpha value is -1.91. The van der Waals surface area contributed by atoms with Gasteiger partial charge in [-0.1, -0.05) is 23.2 Å². The highest BCUT2D eigenvalue weighted by atomic mass is 35.5. The molecule has 0 bridgehead atoms. The van der Waals surface area contributed by atoms with Crippen molar-refractivity contribution in [2.75, 3.05) is 12.8 Å². The fourth-order valence-corrected chi connectivity index (χ4v) is 2.61. The number of hydrogen-bond donors (Lipinski definition) is 1. The standard InChI is InChI=1S/C14H11Cl2N3O/c1-20-9-3-4-11-13(7-9)19(14(17)18-11)12-5-2-8(15)6-10(12)16/h2-7H,1H3,(H2,17,18). The maximum absolute atomic E-state index is 6.25. The van der Waals surface area contributed by atoms with Gasteiger partial charge in [-0.25, -0.2) is 4.98 Å². The Labute approximate surface area is 125 Å². The van der Waals surface area contributed by atoms with Crippen molar-refractivity contribution in [1.82, 2.24) is 9.55 Å². The number of anilines is 1. The lowest BCUT2D eigenvalue weighted by atomic mass is 10.2. The van der Waals surface area contributed by atoms with Crippen LogP contribution >= 0.6 is 23.2 Å². The van der Waals surface area contributed by atoms with Crippen LogP contribution < -0.4 is 10.5 Å². The van der Waals surface area contributed by atoms with Crippen molar-refractivity contribution in [2.24, 2.45) is 0 Å². The number of hydrogen-bond acceptors (Lipinski definition) is 3. The Balaban J connectivity index is 2.31. The van der Waals surface area contributed by atoms with Gasteiger partial charge in [-0.2, -0.15) is 0 Å². The number of nitrogen functional groups attached to an aromatic ring is 1. The van der Waals surface area contributed by atoms with Crippen LogP contribution in [0, 0.1) is 0 Å². The number of halogens is 2. The quantitative estimate of drug-likeness (QED) is 0.780. The highest BCUT2D eigenvalue weighted by Gasteiger charge is 2.13. The Morgan fingerprint density at radius 3 is 2.65 bits per heavy atom. The molecule has 0 aliphatic heterocycles. The van der Waals surface area contributed by atoms with Crippen molar-refractivity contribution < 1.29 is 4.74 Å². The number of rotatable bonds is 2. The van der Waals surface area contributed by atoms with Crippen LogP contribution in [0.25, 0.3) is 16.7 Å². The molecule has 1 heterocycles. The Bertz CT molecular complexity index is 798. The number of aromatic nitrogens is 2. The van der Waals surface area contributed by atoms with Gasteiger partial charge in [0, 0.05) is 11.1 Å². The maximum atomic E-state index is 6.25. The molecule has 0 fully saturated rings. The first kappa shape index (κ1) is 13.1. The fourth-order valence-electron chi connectivity index (χ4n) is 2.12. The van der Waals surface area contributed by atoms with E-state index in [0.29, 0.717) is 16.0 Å². The first-order valence-electron chi connectivity index (χ1n) is 5.87. The summed E-state index contributed by atoms with van der Waals surface area (Å²) in [6.45, 7) is 0. The minimum atomic E-state index is 0.359. The first-order valence-corrected chi connectivity index (χ1v) is 6.63. The van der Waals surface area contributed by atoms with E-state index in [9.17, 15) is 0 Å². The molecule has 3 aromatic rings. The SMILES string of the molecule is COc1ccc2nc(N)n(-c3ccc(Cl)cc3Cl)c2c1. The van der Waals surface area contributed by atoms with Gasteiger partial charge in [0.1, 0.15) is 5.75 Å². The van der Waals surface area contributed by atoms with E-state index in [1.54, 1.807) is 23.8 Å². The van der Waals surface area contributed by atoms with Crippen molar-refractivity contribution in [3.05, 3.63) is 46.4 Å². The molecule has 0 saturated heterocycles. The molecule has 2 aromatic carbocycles. The number of fused-ring (bicyclic) bond motifs is 1. The van der Waals surface area contributed by atoms with Gasteiger partial charge in [-0.3, -0.25) is 4.57 Å². The lowest BCUT2D eigenvalue weighted by Crippen LogP contribution is -2.01. The van der Waals surface area contributed by atoms with Gasteiger partial charge in [0.25, 0.3) is 0 Å². The predicted octanol–water partition coefficient (Wildman–Crippen LogP) is 3.92. The van der Waals surface area contributed by atoms with Crippen LogP contribution in [0.15, 0.2) is 36.4 Å². The molecule has 2 N–H and O–H groups in total. The third-order valence-electron chi connectivity index (χ3n) is 3.04. The number of ether oxygens (including phenoxy) is 1. The monoisotopic (exact) mass is 307 g/mol. The molecule has 0 atom stereocenters. The molecule has 0 spiro atoms. The van der Waals surface area contributed by atoms with Crippen LogP contribution in [0.1, 0.15) is 0 Å². The second kappa shape index (κ2) is 4.89. The van der Waals surface area contributed by atoms with Crippen LogP contribution in [-0.4, -0.2) is 16.7 Å². The van der Waals surface area contributed by atoms with E-state index in [0.717, 1.165) is 22.5 Å². The minimum absolute atomic E-state index is 0.359. The van der Waals surface area contributed by atoms with Crippen molar-refractivity contribution >= 4 is 40.2 Å². The van der Waals surface area contributed by atoms with Crippen molar-refractivity contribution in [3.63, 3.8) is 0 Å². The lowest BCUT2D eigenvalue weighted by Gasteiger charge is -2.09. The molecule has 102 valence electrons. The van der Waals surface area contributed by atoms with Crippen LogP contribution in [-0.2, 0) is 0 Å². The number of benzene rings is 2. The summed E-state index contributed by atoms with van der Waals surface area (Å²) in [6.07, 6.45) is 0. The van der Waals surface area contributed by atoms with Gasteiger partial charge in [0.05, 0.1) is 28.9 Å². The summed E-state index contributed by atoms with van der Waals surface area (Å²) in [4.78, 5) is 4.32. The molecule has 3 rings (SSSR count). The van der Waals surface area contributed by atoms with E-state index < -0.39 is 0 Å². The van der Waals surface area contributed by atoms with Gasteiger partial charge >= 0.3 is 0 Å². The second-order valence-corrected chi connectivity index (χ2v) is 5.10. The Morgan fingerprint density at radius 2 is 1.95 bits per heavy atom. The van der Waals surface area contributed by atoms with Crippen LogP contribution in [0.3, 0.4) is 0 Å². The summed E-state index contributed by atoms with van der Waals surface area (Å²) in [7, 11) is 1.61. The van der Waals surface area contributed by atoms with Gasteiger partial charge in [0.15, 0.2) is 0 Å². The zero-order valence-electron chi connectivity index (χ0n) is 10.6. The van der Waals surface area contributed by atoms with Crippen molar-refractivity contribution in [1.29, 1.82) is 0 Å². The second-order valence-electron chi connectivity index (χ2n) is 4.26. The summed E-state index contributed by atoms with van der Waals surface area (Å²) in [5, 5.41) is 1.07. The van der Waals surface area contributed by atoms with Crippen molar-refractivity contribution in [3.8, 4) is 11.4 Å². The normalized spacial score (nSPS) is 10.9. The number of methoxy groups -OCH3 is 1. The van der Waals surface area contributed by atoms with Crippen LogP contribution in [0.4, 0.5) is 5.95 Å². The third kappa shape index (κ3) is 2.07. The average Bonchev–Trinajstić information content (AvgIpc) is 2.74. The number of nitrogens with two attached hydrogens (primary N) is 1. The smallest absolute Gasteiger partial charge is 0.205 e. The topological polar surface area (TPSA) is 53.1 Å². The number of imidazole rings is 1. The minimum Gasteiger partial charge on any atom is -0.497 e. The van der Waals surface area contributed by atoms with E-state index in [-0.39, 0.29) is 0 Å². The van der Waals surface area contributed by atoms with E-state index in [1.807, 2.05) is 24.3 Å². The molecular formula is C14H11Cl2N3O. The van der Waals surface area contributed by atoms with E-state index in [1.165, 1.54) is 0 Å². The van der Waals surface area contributed by atoms with Gasteiger partial charge in [-0.05, 0) is 30.3 Å². The molecule has 1 aromatic heterocycles. The maximum Gasteiger partial charge on any atom is 0.205 e. The van der Waals surface area contributed by atoms with Crippen LogP contribution in [0.2, 0.25) is 10.0 Å². The first-order chi connectivity index (χ1) is 9.60. The average molecular weight is 308 g/mol. The Kier molecular flexibility index (Phi) is 3.20. The highest BCUT2D eigenvalue weighted by molar-refractivity contribution is 6.35. The molecular weight excluding hydrogens is 297 g/mol. The molecule has 0 aliphatic rings. The summed E-state index contributed by atoms with van der Waals surface area (Å²) in [5.41, 5.74) is 8.33. The summed E-state index contributed by atoms with van der Waals surface area (Å²) < 4.78 is 7.01. The van der Waals surface area contributed by atoms with Crippen LogP contribution in [0.5, 0.6) is 5.75 Å². The van der Waals surface area contributed by atoms with Crippen molar-refractivity contribution in [2.45, 2.75) is 0 Å². The molecule has 0 amide bonds. The lowest BCUT2D eigenvalue weighted by molar-refractivity contribution is 0.415. The molecule has 0 unspecified atom stereocenters. The summed E-state index contributed by atoms with van der Waals surface area (Å²) in [5.74, 6) is 1.08. The Morgan fingerprint density at radius 1 is 1.15 bits per heavy atom. The number of nitrogens with zero attached hydrogens (tertiary/aromatic N) is 2. The van der Waals surface area contributed by atoms with E-state index in [2.05, 4.69) is 4.98 Å².